The lowest BCUT2D eigenvalue weighted by atomic mass is 9.94. The van der Waals surface area contributed by atoms with E-state index in [0.717, 1.165) is 12.1 Å². The summed E-state index contributed by atoms with van der Waals surface area (Å²) in [5.41, 5.74) is 1.01. The SMILES string of the molecule is CCCC1CCCCN1C(C)c1ccc(OC)cc1O. The fourth-order valence-corrected chi connectivity index (χ4v) is 3.36. The first-order valence-electron chi connectivity index (χ1n) is 7.80. The number of aromatic hydroxyl groups is 1. The molecule has 2 unspecified atom stereocenters. The summed E-state index contributed by atoms with van der Waals surface area (Å²) in [5.74, 6) is 1.06. The molecule has 3 nitrogen and oxygen atoms in total. The third-order valence-corrected chi connectivity index (χ3v) is 4.48. The van der Waals surface area contributed by atoms with E-state index in [9.17, 15) is 5.11 Å². The highest BCUT2D eigenvalue weighted by molar-refractivity contribution is 5.41. The molecule has 1 saturated heterocycles. The minimum atomic E-state index is 0.262. The highest BCUT2D eigenvalue weighted by Crippen LogP contribution is 2.35. The summed E-state index contributed by atoms with van der Waals surface area (Å²) < 4.78 is 5.16. The van der Waals surface area contributed by atoms with Crippen LogP contribution in [0.1, 0.15) is 57.6 Å². The van der Waals surface area contributed by atoms with Crippen molar-refractivity contribution >= 4 is 0 Å². The van der Waals surface area contributed by atoms with Crippen molar-refractivity contribution in [1.29, 1.82) is 0 Å². The van der Waals surface area contributed by atoms with E-state index in [1.54, 1.807) is 13.2 Å². The van der Waals surface area contributed by atoms with Gasteiger partial charge in [0.15, 0.2) is 0 Å². The maximum atomic E-state index is 10.2. The molecule has 3 heteroatoms. The lowest BCUT2D eigenvalue weighted by Gasteiger charge is -2.40. The van der Waals surface area contributed by atoms with Gasteiger partial charge in [-0.15, -0.1) is 0 Å². The second-order valence-electron chi connectivity index (χ2n) is 5.78. The molecule has 0 spiro atoms. The van der Waals surface area contributed by atoms with Crippen LogP contribution in [0.2, 0.25) is 0 Å². The lowest BCUT2D eigenvalue weighted by Crippen LogP contribution is -2.41. The summed E-state index contributed by atoms with van der Waals surface area (Å²) in [6, 6.07) is 6.56. The van der Waals surface area contributed by atoms with Crippen LogP contribution in [0.4, 0.5) is 0 Å². The second kappa shape index (κ2) is 6.98. The lowest BCUT2D eigenvalue weighted by molar-refractivity contribution is 0.0950. The quantitative estimate of drug-likeness (QED) is 0.879. The van der Waals surface area contributed by atoms with Gasteiger partial charge in [-0.1, -0.05) is 25.8 Å². The van der Waals surface area contributed by atoms with Crippen LogP contribution in [-0.2, 0) is 0 Å². The van der Waals surface area contributed by atoms with Crippen molar-refractivity contribution in [3.63, 3.8) is 0 Å². The van der Waals surface area contributed by atoms with E-state index in [0.29, 0.717) is 17.5 Å². The molecule has 112 valence electrons. The number of piperidine rings is 1. The van der Waals surface area contributed by atoms with E-state index in [4.69, 9.17) is 4.74 Å². The Labute approximate surface area is 122 Å². The minimum Gasteiger partial charge on any atom is -0.507 e. The summed E-state index contributed by atoms with van der Waals surface area (Å²) in [6.45, 7) is 5.59. The molecule has 20 heavy (non-hydrogen) atoms. The predicted molar refractivity (Wildman–Crippen MR) is 82.3 cm³/mol. The Morgan fingerprint density at radius 1 is 1.40 bits per heavy atom. The fourth-order valence-electron chi connectivity index (χ4n) is 3.36. The summed E-state index contributed by atoms with van der Waals surface area (Å²) in [5, 5.41) is 10.2. The minimum absolute atomic E-state index is 0.262. The van der Waals surface area contributed by atoms with E-state index in [1.165, 1.54) is 32.1 Å². The number of hydrogen-bond acceptors (Lipinski definition) is 3. The molecule has 0 saturated carbocycles. The molecule has 1 aliphatic heterocycles. The van der Waals surface area contributed by atoms with Gasteiger partial charge in [0.05, 0.1) is 7.11 Å². The molecule has 1 fully saturated rings. The smallest absolute Gasteiger partial charge is 0.124 e. The number of phenols is 1. The predicted octanol–water partition coefficient (Wildman–Crippen LogP) is 4.12. The highest BCUT2D eigenvalue weighted by Gasteiger charge is 2.27. The average Bonchev–Trinajstić information content (AvgIpc) is 2.47. The Morgan fingerprint density at radius 3 is 2.85 bits per heavy atom. The number of hydrogen-bond donors (Lipinski definition) is 1. The third-order valence-electron chi connectivity index (χ3n) is 4.48. The van der Waals surface area contributed by atoms with Gasteiger partial charge in [-0.25, -0.2) is 0 Å². The van der Waals surface area contributed by atoms with Gasteiger partial charge in [0.1, 0.15) is 11.5 Å². The second-order valence-corrected chi connectivity index (χ2v) is 5.78. The number of benzene rings is 1. The van der Waals surface area contributed by atoms with Crippen LogP contribution in [0.25, 0.3) is 0 Å². The van der Waals surface area contributed by atoms with Crippen LogP contribution in [0.15, 0.2) is 18.2 Å². The number of nitrogens with zero attached hydrogens (tertiary/aromatic N) is 1. The van der Waals surface area contributed by atoms with Crippen molar-refractivity contribution in [2.45, 2.75) is 58.0 Å². The molecule has 1 heterocycles. The monoisotopic (exact) mass is 277 g/mol. The Morgan fingerprint density at radius 2 is 2.20 bits per heavy atom. The molecule has 0 amide bonds. The molecule has 0 aromatic heterocycles. The van der Waals surface area contributed by atoms with Crippen molar-refractivity contribution in [2.75, 3.05) is 13.7 Å². The summed E-state index contributed by atoms with van der Waals surface area (Å²) in [6.07, 6.45) is 6.36. The highest BCUT2D eigenvalue weighted by atomic mass is 16.5. The molecule has 2 rings (SSSR count). The molecule has 0 aliphatic carbocycles. The summed E-state index contributed by atoms with van der Waals surface area (Å²) >= 11 is 0. The van der Waals surface area contributed by atoms with Crippen LogP contribution >= 0.6 is 0 Å². The first kappa shape index (κ1) is 15.2. The first-order valence-corrected chi connectivity index (χ1v) is 7.80. The van der Waals surface area contributed by atoms with Crippen molar-refractivity contribution in [1.82, 2.24) is 4.90 Å². The number of phenolic OH excluding ortho intramolecular Hbond substituents is 1. The van der Waals surface area contributed by atoms with Gasteiger partial charge in [0.2, 0.25) is 0 Å². The molecule has 1 N–H and O–H groups in total. The van der Waals surface area contributed by atoms with Crippen LogP contribution < -0.4 is 4.74 Å². The van der Waals surface area contributed by atoms with Gasteiger partial charge in [-0.05, 0) is 38.8 Å². The van der Waals surface area contributed by atoms with Gasteiger partial charge in [-0.2, -0.15) is 0 Å². The standard InChI is InChI=1S/C17H27NO2/c1-4-7-14-8-5-6-11-18(14)13(2)16-10-9-15(20-3)12-17(16)19/h9-10,12-14,19H,4-8,11H2,1-3H3. The van der Waals surface area contributed by atoms with Crippen LogP contribution in [0, 0.1) is 0 Å². The average molecular weight is 277 g/mol. The number of rotatable bonds is 5. The van der Waals surface area contributed by atoms with Gasteiger partial charge < -0.3 is 9.84 Å². The molecule has 1 aromatic carbocycles. The zero-order valence-electron chi connectivity index (χ0n) is 12.9. The molecular formula is C17H27NO2. The van der Waals surface area contributed by atoms with Gasteiger partial charge in [-0.3, -0.25) is 4.90 Å². The van der Waals surface area contributed by atoms with Crippen molar-refractivity contribution in [2.24, 2.45) is 0 Å². The normalized spacial score (nSPS) is 21.6. The van der Waals surface area contributed by atoms with E-state index in [1.807, 2.05) is 12.1 Å². The van der Waals surface area contributed by atoms with E-state index in [2.05, 4.69) is 18.7 Å². The summed E-state index contributed by atoms with van der Waals surface area (Å²) in [7, 11) is 1.62. The Balaban J connectivity index is 2.18. The van der Waals surface area contributed by atoms with Gasteiger partial charge >= 0.3 is 0 Å². The van der Waals surface area contributed by atoms with Crippen molar-refractivity contribution < 1.29 is 9.84 Å². The number of methoxy groups -OCH3 is 1. The first-order chi connectivity index (χ1) is 9.67. The Hall–Kier alpha value is -1.22. The number of ether oxygens (including phenoxy) is 1. The fraction of sp³-hybridized carbons (Fsp3) is 0.647. The molecule has 2 atom stereocenters. The third kappa shape index (κ3) is 3.26. The van der Waals surface area contributed by atoms with Gasteiger partial charge in [0.25, 0.3) is 0 Å². The summed E-state index contributed by atoms with van der Waals surface area (Å²) in [4.78, 5) is 2.56. The molecule has 1 aromatic rings. The Bertz CT molecular complexity index is 431. The van der Waals surface area contributed by atoms with E-state index in [-0.39, 0.29) is 6.04 Å². The molecule has 1 aliphatic rings. The van der Waals surface area contributed by atoms with Crippen molar-refractivity contribution in [3.8, 4) is 11.5 Å². The van der Waals surface area contributed by atoms with Crippen LogP contribution in [0.3, 0.4) is 0 Å². The maximum absolute atomic E-state index is 10.2. The molecule has 0 radical (unpaired) electrons. The van der Waals surface area contributed by atoms with E-state index < -0.39 is 0 Å². The van der Waals surface area contributed by atoms with E-state index >= 15 is 0 Å². The zero-order chi connectivity index (χ0) is 14.5. The molecular weight excluding hydrogens is 250 g/mol. The zero-order valence-corrected chi connectivity index (χ0v) is 12.9. The van der Waals surface area contributed by atoms with Crippen LogP contribution in [0.5, 0.6) is 11.5 Å². The van der Waals surface area contributed by atoms with Crippen LogP contribution in [-0.4, -0.2) is 29.7 Å². The Kier molecular flexibility index (Phi) is 5.30. The topological polar surface area (TPSA) is 32.7 Å². The van der Waals surface area contributed by atoms with Gasteiger partial charge in [0, 0.05) is 23.7 Å². The van der Waals surface area contributed by atoms with Crippen molar-refractivity contribution in [3.05, 3.63) is 23.8 Å². The largest absolute Gasteiger partial charge is 0.507 e. The number of likely N-dealkylation sites (tertiary alicyclic amines) is 1. The molecule has 0 bridgehead atoms. The maximum Gasteiger partial charge on any atom is 0.124 e.